The number of benzene rings is 2. The number of hydrogen-bond donors (Lipinski definition) is 1. The Bertz CT molecular complexity index is 1210. The highest BCUT2D eigenvalue weighted by Crippen LogP contribution is 2.31. The van der Waals surface area contributed by atoms with Crippen LogP contribution in [0.2, 0.25) is 0 Å². The quantitative estimate of drug-likeness (QED) is 0.530. The van der Waals surface area contributed by atoms with Crippen LogP contribution in [0.15, 0.2) is 71.6 Å². The third-order valence-corrected chi connectivity index (χ3v) is 4.68. The number of carbonyl (C=O) groups is 1. The highest BCUT2D eigenvalue weighted by molar-refractivity contribution is 5.95. The molecule has 2 aromatic heterocycles. The number of carbonyl (C=O) groups excluding carboxylic acids is 1. The van der Waals surface area contributed by atoms with Crippen LogP contribution in [0.25, 0.3) is 11.5 Å². The number of hydrogen-bond acceptors (Lipinski definition) is 8. The molecule has 1 amide bonds. The minimum absolute atomic E-state index is 0.135. The van der Waals surface area contributed by atoms with Crippen LogP contribution in [0.1, 0.15) is 11.5 Å². The predicted molar refractivity (Wildman–Crippen MR) is 110 cm³/mol. The molecule has 1 aliphatic heterocycles. The Hall–Kier alpha value is -4.27. The van der Waals surface area contributed by atoms with Crippen LogP contribution in [0, 0.1) is 0 Å². The molecule has 154 valence electrons. The summed E-state index contributed by atoms with van der Waals surface area (Å²) in [4.78, 5) is 25.3. The van der Waals surface area contributed by atoms with Gasteiger partial charge in [-0.15, -0.1) is 0 Å². The average Bonchev–Trinajstić information content (AvgIpc) is 3.29. The number of ether oxygens (including phenoxy) is 2. The van der Waals surface area contributed by atoms with E-state index in [1.807, 2.05) is 36.4 Å². The van der Waals surface area contributed by atoms with Gasteiger partial charge in [0.05, 0.1) is 12.6 Å². The van der Waals surface area contributed by atoms with Gasteiger partial charge in [-0.25, -0.2) is 4.98 Å². The van der Waals surface area contributed by atoms with Gasteiger partial charge in [-0.1, -0.05) is 35.5 Å². The molecule has 5 rings (SSSR count). The first-order valence-electron chi connectivity index (χ1n) is 9.62. The number of para-hydroxylation sites is 3. The number of nitrogens with zero attached hydrogens (tertiary/aromatic N) is 4. The van der Waals surface area contributed by atoms with Gasteiger partial charge >= 0.3 is 0 Å². The summed E-state index contributed by atoms with van der Waals surface area (Å²) in [5, 5.41) is 6.87. The van der Waals surface area contributed by atoms with Gasteiger partial charge < -0.3 is 19.3 Å². The minimum Gasteiger partial charge on any atom is -0.485 e. The molecule has 2 aromatic carbocycles. The summed E-state index contributed by atoms with van der Waals surface area (Å²) < 4.78 is 16.8. The van der Waals surface area contributed by atoms with Crippen LogP contribution in [-0.4, -0.2) is 38.7 Å². The van der Waals surface area contributed by atoms with Crippen LogP contribution in [0.4, 0.5) is 5.69 Å². The summed E-state index contributed by atoms with van der Waals surface area (Å²) in [5.74, 6) is 1.63. The second kappa shape index (κ2) is 8.23. The predicted octanol–water partition coefficient (Wildman–Crippen LogP) is 2.90. The molecule has 0 fully saturated rings. The number of fused-ring (bicyclic) bond motifs is 1. The maximum absolute atomic E-state index is 12.8. The van der Waals surface area contributed by atoms with Gasteiger partial charge in [-0.05, 0) is 23.8 Å². The average molecular weight is 415 g/mol. The van der Waals surface area contributed by atoms with E-state index in [0.717, 1.165) is 5.56 Å². The van der Waals surface area contributed by atoms with Crippen molar-refractivity contribution in [1.29, 1.82) is 0 Å². The minimum atomic E-state index is -0.755. The molecular formula is C22H17N5O4. The molecule has 9 nitrogen and oxygen atoms in total. The van der Waals surface area contributed by atoms with E-state index < -0.39 is 6.10 Å². The van der Waals surface area contributed by atoms with Gasteiger partial charge in [0.15, 0.2) is 11.5 Å². The van der Waals surface area contributed by atoms with Gasteiger partial charge in [-0.3, -0.25) is 9.78 Å². The van der Waals surface area contributed by atoms with E-state index in [9.17, 15) is 4.79 Å². The third kappa shape index (κ3) is 4.06. The normalized spacial score (nSPS) is 14.8. The zero-order chi connectivity index (χ0) is 21.0. The lowest BCUT2D eigenvalue weighted by Crippen LogP contribution is -2.40. The van der Waals surface area contributed by atoms with Crippen LogP contribution < -0.4 is 14.8 Å². The largest absolute Gasteiger partial charge is 0.485 e. The second-order valence-corrected chi connectivity index (χ2v) is 6.79. The lowest BCUT2D eigenvalue weighted by atomic mass is 10.1. The molecule has 1 N–H and O–H groups in total. The lowest BCUT2D eigenvalue weighted by Gasteiger charge is -2.25. The first-order chi connectivity index (χ1) is 15.3. The fraction of sp³-hybridized carbons (Fsp3) is 0.136. The van der Waals surface area contributed by atoms with E-state index in [1.165, 1.54) is 0 Å². The third-order valence-electron chi connectivity index (χ3n) is 4.68. The Balaban J connectivity index is 1.30. The van der Waals surface area contributed by atoms with Gasteiger partial charge in [0, 0.05) is 18.1 Å². The fourth-order valence-corrected chi connectivity index (χ4v) is 3.17. The first-order valence-corrected chi connectivity index (χ1v) is 9.62. The molecule has 31 heavy (non-hydrogen) atoms. The summed E-state index contributed by atoms with van der Waals surface area (Å²) in [7, 11) is 0. The molecule has 0 radical (unpaired) electrons. The molecule has 0 saturated heterocycles. The fourth-order valence-electron chi connectivity index (χ4n) is 3.17. The van der Waals surface area contributed by atoms with Gasteiger partial charge in [0.25, 0.3) is 5.91 Å². The van der Waals surface area contributed by atoms with E-state index in [2.05, 4.69) is 25.4 Å². The van der Waals surface area contributed by atoms with Crippen LogP contribution >= 0.6 is 0 Å². The molecule has 0 aliphatic carbocycles. The molecule has 1 aliphatic rings. The number of anilines is 1. The number of aromatic nitrogens is 4. The summed E-state index contributed by atoms with van der Waals surface area (Å²) in [5.41, 5.74) is 1.98. The molecular weight excluding hydrogens is 398 g/mol. The van der Waals surface area contributed by atoms with Crippen molar-refractivity contribution >= 4 is 11.6 Å². The molecule has 0 bridgehead atoms. The highest BCUT2D eigenvalue weighted by Gasteiger charge is 2.27. The SMILES string of the molecule is O=C(Nc1ccccc1Cc1nc(-c2cnccn2)no1)[C@@H]1COc2ccccc2O1. The van der Waals surface area contributed by atoms with E-state index in [0.29, 0.717) is 41.0 Å². The lowest BCUT2D eigenvalue weighted by molar-refractivity contribution is -0.125. The van der Waals surface area contributed by atoms with Crippen molar-refractivity contribution < 1.29 is 18.8 Å². The van der Waals surface area contributed by atoms with Crippen molar-refractivity contribution in [3.8, 4) is 23.0 Å². The van der Waals surface area contributed by atoms with Crippen molar-refractivity contribution in [1.82, 2.24) is 20.1 Å². The first kappa shape index (κ1) is 18.7. The Kier molecular flexibility index (Phi) is 4.97. The highest BCUT2D eigenvalue weighted by atomic mass is 16.6. The molecule has 0 unspecified atom stereocenters. The Morgan fingerprint density at radius 1 is 1.06 bits per heavy atom. The van der Waals surface area contributed by atoms with Crippen LogP contribution in [-0.2, 0) is 11.2 Å². The summed E-state index contributed by atoms with van der Waals surface area (Å²) in [6.45, 7) is 0.135. The monoisotopic (exact) mass is 415 g/mol. The number of nitrogens with one attached hydrogen (secondary N) is 1. The standard InChI is InChI=1S/C22H17N5O4/c28-22(19-13-29-17-7-3-4-8-18(17)30-19)25-15-6-2-1-5-14(15)11-20-26-21(27-31-20)16-12-23-9-10-24-16/h1-10,12,19H,11,13H2,(H,25,28)/t19-/m0/s1. The molecule has 1 atom stereocenters. The zero-order valence-corrected chi connectivity index (χ0v) is 16.3. The maximum Gasteiger partial charge on any atom is 0.269 e. The number of rotatable bonds is 5. The van der Waals surface area contributed by atoms with Crippen molar-refractivity contribution in [2.24, 2.45) is 0 Å². The van der Waals surface area contributed by atoms with Crippen LogP contribution in [0.3, 0.4) is 0 Å². The van der Waals surface area contributed by atoms with Gasteiger partial charge in [0.2, 0.25) is 17.8 Å². The topological polar surface area (TPSA) is 112 Å². The maximum atomic E-state index is 12.8. The van der Waals surface area contributed by atoms with Crippen LogP contribution in [0.5, 0.6) is 11.5 Å². The van der Waals surface area contributed by atoms with Crippen molar-refractivity contribution in [2.45, 2.75) is 12.5 Å². The van der Waals surface area contributed by atoms with E-state index in [4.69, 9.17) is 14.0 Å². The van der Waals surface area contributed by atoms with E-state index in [-0.39, 0.29) is 12.5 Å². The van der Waals surface area contributed by atoms with Gasteiger partial charge in [-0.2, -0.15) is 4.98 Å². The molecule has 4 aromatic rings. The number of amides is 1. The molecule has 3 heterocycles. The van der Waals surface area contributed by atoms with Crippen molar-refractivity contribution in [3.05, 3.63) is 78.6 Å². The molecule has 0 saturated carbocycles. The smallest absolute Gasteiger partial charge is 0.269 e. The second-order valence-electron chi connectivity index (χ2n) is 6.79. The zero-order valence-electron chi connectivity index (χ0n) is 16.3. The van der Waals surface area contributed by atoms with Gasteiger partial charge in [0.1, 0.15) is 12.3 Å². The van der Waals surface area contributed by atoms with Crippen molar-refractivity contribution in [2.75, 3.05) is 11.9 Å². The van der Waals surface area contributed by atoms with E-state index in [1.54, 1.807) is 30.7 Å². The Morgan fingerprint density at radius 2 is 1.90 bits per heavy atom. The summed E-state index contributed by atoms with van der Waals surface area (Å²) in [6.07, 6.45) is 4.28. The molecule has 0 spiro atoms. The summed E-state index contributed by atoms with van der Waals surface area (Å²) in [6, 6.07) is 14.7. The molecule has 9 heteroatoms. The Morgan fingerprint density at radius 3 is 2.77 bits per heavy atom. The van der Waals surface area contributed by atoms with Crippen molar-refractivity contribution in [3.63, 3.8) is 0 Å². The Labute approximate surface area is 177 Å². The van der Waals surface area contributed by atoms with E-state index >= 15 is 0 Å². The summed E-state index contributed by atoms with van der Waals surface area (Å²) >= 11 is 0.